The molecule has 0 saturated heterocycles. The van der Waals surface area contributed by atoms with Crippen LogP contribution >= 0.6 is 15.9 Å². The van der Waals surface area contributed by atoms with Crippen molar-refractivity contribution in [3.05, 3.63) is 81.2 Å². The van der Waals surface area contributed by atoms with E-state index in [1.807, 2.05) is 54.6 Å². The number of hydrogen-bond donors (Lipinski definition) is 1. The lowest BCUT2D eigenvalue weighted by Crippen LogP contribution is -2.21. The lowest BCUT2D eigenvalue weighted by Gasteiger charge is -2.10. The van der Waals surface area contributed by atoms with Crippen molar-refractivity contribution < 1.29 is 4.74 Å². The molecule has 5 nitrogen and oxygen atoms in total. The first-order valence-corrected chi connectivity index (χ1v) is 8.20. The Morgan fingerprint density at radius 2 is 1.75 bits per heavy atom. The van der Waals surface area contributed by atoms with Crippen molar-refractivity contribution in [1.29, 1.82) is 0 Å². The maximum Gasteiger partial charge on any atom is 0.282 e. The van der Waals surface area contributed by atoms with Crippen molar-refractivity contribution in [3.63, 3.8) is 0 Å². The van der Waals surface area contributed by atoms with Crippen molar-refractivity contribution in [2.24, 2.45) is 7.05 Å². The molecule has 6 heteroatoms. The normalized spacial score (nSPS) is 10.4. The molecule has 0 aliphatic carbocycles. The molecule has 1 N–H and O–H groups in total. The van der Waals surface area contributed by atoms with E-state index in [9.17, 15) is 4.79 Å². The molecule has 0 saturated carbocycles. The first-order valence-electron chi connectivity index (χ1n) is 7.41. The molecule has 0 bridgehead atoms. The highest BCUT2D eigenvalue weighted by molar-refractivity contribution is 9.10. The van der Waals surface area contributed by atoms with Gasteiger partial charge in [0.2, 0.25) is 0 Å². The van der Waals surface area contributed by atoms with E-state index in [1.165, 1.54) is 4.68 Å². The van der Waals surface area contributed by atoms with Crippen LogP contribution in [0.4, 0.5) is 5.69 Å². The minimum Gasteiger partial charge on any atom is -0.457 e. The third-order valence-electron chi connectivity index (χ3n) is 3.46. The van der Waals surface area contributed by atoms with Crippen LogP contribution in [0.1, 0.15) is 5.56 Å². The average Bonchev–Trinajstić information content (AvgIpc) is 2.61. The Balaban J connectivity index is 1.65. The summed E-state index contributed by atoms with van der Waals surface area (Å²) in [6, 6.07) is 17.4. The molecule has 1 aromatic heterocycles. The summed E-state index contributed by atoms with van der Waals surface area (Å²) in [5.41, 5.74) is 1.57. The van der Waals surface area contributed by atoms with Crippen molar-refractivity contribution in [2.75, 3.05) is 5.32 Å². The van der Waals surface area contributed by atoms with Gasteiger partial charge in [0, 0.05) is 13.6 Å². The summed E-state index contributed by atoms with van der Waals surface area (Å²) in [5, 5.41) is 7.21. The lowest BCUT2D eigenvalue weighted by molar-refractivity contribution is 0.482. The predicted octanol–water partition coefficient (Wildman–Crippen LogP) is 3.95. The van der Waals surface area contributed by atoms with Gasteiger partial charge in [-0.1, -0.05) is 30.3 Å². The number of para-hydroxylation sites is 1. The van der Waals surface area contributed by atoms with E-state index >= 15 is 0 Å². The number of rotatable bonds is 5. The van der Waals surface area contributed by atoms with Gasteiger partial charge in [-0.15, -0.1) is 0 Å². The summed E-state index contributed by atoms with van der Waals surface area (Å²) in [5.74, 6) is 1.58. The Labute approximate surface area is 148 Å². The Morgan fingerprint density at radius 1 is 1.08 bits per heavy atom. The van der Waals surface area contributed by atoms with Crippen molar-refractivity contribution in [2.45, 2.75) is 6.54 Å². The number of anilines is 1. The third-order valence-corrected chi connectivity index (χ3v) is 4.23. The van der Waals surface area contributed by atoms with Gasteiger partial charge in [0.25, 0.3) is 5.56 Å². The van der Waals surface area contributed by atoms with Crippen LogP contribution in [0, 0.1) is 0 Å². The highest BCUT2D eigenvalue weighted by Crippen LogP contribution is 2.22. The first-order chi connectivity index (χ1) is 11.6. The average molecular weight is 386 g/mol. The summed E-state index contributed by atoms with van der Waals surface area (Å²) in [7, 11) is 1.61. The molecule has 3 aromatic rings. The van der Waals surface area contributed by atoms with E-state index in [0.29, 0.717) is 16.7 Å². The zero-order valence-corrected chi connectivity index (χ0v) is 14.7. The number of benzene rings is 2. The number of aryl methyl sites for hydroxylation is 1. The monoisotopic (exact) mass is 385 g/mol. The van der Waals surface area contributed by atoms with Gasteiger partial charge in [0.1, 0.15) is 16.0 Å². The van der Waals surface area contributed by atoms with E-state index in [0.717, 1.165) is 17.1 Å². The van der Waals surface area contributed by atoms with Crippen molar-refractivity contribution in [1.82, 2.24) is 9.78 Å². The van der Waals surface area contributed by atoms with Crippen LogP contribution < -0.4 is 15.6 Å². The standard InChI is InChI=1S/C18H16BrN3O2/c1-22-18(23)17(19)16(12-21-22)20-11-13-7-9-15(10-8-13)24-14-5-3-2-4-6-14/h2-10,12,20H,11H2,1H3. The summed E-state index contributed by atoms with van der Waals surface area (Å²) in [6.45, 7) is 0.582. The van der Waals surface area contributed by atoms with Crippen LogP contribution in [-0.2, 0) is 13.6 Å². The maximum absolute atomic E-state index is 11.8. The maximum atomic E-state index is 11.8. The van der Waals surface area contributed by atoms with Gasteiger partial charge in [-0.05, 0) is 45.8 Å². The molecular weight excluding hydrogens is 370 g/mol. The summed E-state index contributed by atoms with van der Waals surface area (Å²) in [6.07, 6.45) is 1.62. The molecule has 0 aliphatic rings. The van der Waals surface area contributed by atoms with E-state index in [2.05, 4.69) is 26.3 Å². The molecule has 24 heavy (non-hydrogen) atoms. The number of aromatic nitrogens is 2. The Kier molecular flexibility index (Phi) is 4.96. The second-order valence-electron chi connectivity index (χ2n) is 5.21. The zero-order valence-electron chi connectivity index (χ0n) is 13.1. The molecule has 0 spiro atoms. The van der Waals surface area contributed by atoms with E-state index < -0.39 is 0 Å². The fraction of sp³-hybridized carbons (Fsp3) is 0.111. The fourth-order valence-corrected chi connectivity index (χ4v) is 2.63. The van der Waals surface area contributed by atoms with Gasteiger partial charge in [-0.2, -0.15) is 5.10 Å². The van der Waals surface area contributed by atoms with Crippen molar-refractivity contribution in [3.8, 4) is 11.5 Å². The molecule has 0 unspecified atom stereocenters. The van der Waals surface area contributed by atoms with Gasteiger partial charge >= 0.3 is 0 Å². The summed E-state index contributed by atoms with van der Waals surface area (Å²) >= 11 is 3.30. The van der Waals surface area contributed by atoms with E-state index in [-0.39, 0.29) is 5.56 Å². The second-order valence-corrected chi connectivity index (χ2v) is 6.01. The van der Waals surface area contributed by atoms with E-state index in [4.69, 9.17) is 4.74 Å². The van der Waals surface area contributed by atoms with Crippen LogP contribution in [0.2, 0.25) is 0 Å². The SMILES string of the molecule is Cn1ncc(NCc2ccc(Oc3ccccc3)cc2)c(Br)c1=O. The zero-order chi connectivity index (χ0) is 16.9. The molecule has 3 rings (SSSR count). The molecule has 1 heterocycles. The van der Waals surface area contributed by atoms with Crippen molar-refractivity contribution >= 4 is 21.6 Å². The number of ether oxygens (including phenoxy) is 1. The number of nitrogens with one attached hydrogen (secondary N) is 1. The van der Waals surface area contributed by atoms with Crippen LogP contribution in [0.5, 0.6) is 11.5 Å². The number of hydrogen-bond acceptors (Lipinski definition) is 4. The largest absolute Gasteiger partial charge is 0.457 e. The van der Waals surface area contributed by atoms with Crippen LogP contribution in [0.25, 0.3) is 0 Å². The van der Waals surface area contributed by atoms with Crippen LogP contribution in [-0.4, -0.2) is 9.78 Å². The fourth-order valence-electron chi connectivity index (χ4n) is 2.13. The molecule has 0 atom stereocenters. The lowest BCUT2D eigenvalue weighted by atomic mass is 10.2. The molecule has 0 radical (unpaired) electrons. The Morgan fingerprint density at radius 3 is 2.46 bits per heavy atom. The number of halogens is 1. The van der Waals surface area contributed by atoms with Gasteiger partial charge in [-0.3, -0.25) is 4.79 Å². The van der Waals surface area contributed by atoms with Crippen LogP contribution in [0.15, 0.2) is 70.1 Å². The third kappa shape index (κ3) is 3.83. The highest BCUT2D eigenvalue weighted by atomic mass is 79.9. The minimum absolute atomic E-state index is 0.174. The molecule has 0 fully saturated rings. The van der Waals surface area contributed by atoms with Gasteiger partial charge < -0.3 is 10.1 Å². The summed E-state index contributed by atoms with van der Waals surface area (Å²) < 4.78 is 7.52. The van der Waals surface area contributed by atoms with Gasteiger partial charge in [0.15, 0.2) is 0 Å². The molecule has 0 amide bonds. The van der Waals surface area contributed by atoms with Crippen LogP contribution in [0.3, 0.4) is 0 Å². The topological polar surface area (TPSA) is 56.1 Å². The van der Waals surface area contributed by atoms with Gasteiger partial charge in [-0.25, -0.2) is 4.68 Å². The molecule has 0 aliphatic heterocycles. The second kappa shape index (κ2) is 7.31. The summed E-state index contributed by atoms with van der Waals surface area (Å²) in [4.78, 5) is 11.8. The minimum atomic E-state index is -0.174. The molecule has 122 valence electrons. The first kappa shape index (κ1) is 16.3. The molecular formula is C18H16BrN3O2. The quantitative estimate of drug-likeness (QED) is 0.722. The Bertz CT molecular complexity index is 877. The van der Waals surface area contributed by atoms with E-state index in [1.54, 1.807) is 13.2 Å². The van der Waals surface area contributed by atoms with Gasteiger partial charge in [0.05, 0.1) is 11.9 Å². The highest BCUT2D eigenvalue weighted by Gasteiger charge is 2.06. The smallest absolute Gasteiger partial charge is 0.282 e. The number of nitrogens with zero attached hydrogens (tertiary/aromatic N) is 2. The molecule has 2 aromatic carbocycles. The Hall–Kier alpha value is -2.60. The predicted molar refractivity (Wildman–Crippen MR) is 97.5 cm³/mol.